The normalized spacial score (nSPS) is 16.0. The van der Waals surface area contributed by atoms with Crippen molar-refractivity contribution in [3.63, 3.8) is 0 Å². The highest BCUT2D eigenvalue weighted by atomic mass is 16.3. The zero-order valence-electron chi connectivity index (χ0n) is 6.56. The molecule has 0 aliphatic carbocycles. The van der Waals surface area contributed by atoms with Crippen molar-refractivity contribution >= 4 is 5.91 Å². The van der Waals surface area contributed by atoms with Crippen LogP contribution in [0.5, 0.6) is 0 Å². The molecule has 0 unspecified atom stereocenters. The molecule has 1 aliphatic heterocycles. The molecule has 2 rings (SSSR count). The van der Waals surface area contributed by atoms with Gasteiger partial charge in [-0.3, -0.25) is 4.79 Å². The van der Waals surface area contributed by atoms with E-state index < -0.39 is 0 Å². The first-order valence-electron chi connectivity index (χ1n) is 3.84. The van der Waals surface area contributed by atoms with Gasteiger partial charge in [0, 0.05) is 12.6 Å². The molecule has 0 atom stereocenters. The Kier molecular flexibility index (Phi) is 1.70. The summed E-state index contributed by atoms with van der Waals surface area (Å²) < 4.78 is 5.12. The number of amides is 1. The first kappa shape index (κ1) is 7.16. The van der Waals surface area contributed by atoms with Crippen LogP contribution in [-0.4, -0.2) is 17.4 Å². The lowest BCUT2D eigenvalue weighted by atomic mass is 10.4. The largest absolute Gasteiger partial charge is 0.467 e. The molecule has 3 heteroatoms. The number of rotatable bonds is 2. The van der Waals surface area contributed by atoms with E-state index in [1.165, 1.54) is 0 Å². The summed E-state index contributed by atoms with van der Waals surface area (Å²) in [5.74, 6) is 0.887. The maximum atomic E-state index is 11.1. The van der Waals surface area contributed by atoms with Crippen LogP contribution in [0, 0.1) is 0 Å². The molecule has 62 valence electrons. The molecular formula is C9H9NO2. The minimum Gasteiger partial charge on any atom is -0.467 e. The van der Waals surface area contributed by atoms with E-state index >= 15 is 0 Å². The topological polar surface area (TPSA) is 33.5 Å². The lowest BCUT2D eigenvalue weighted by Crippen LogP contribution is -2.24. The average molecular weight is 163 g/mol. The number of hydrogen-bond acceptors (Lipinski definition) is 2. The Bertz CT molecular complexity index is 300. The second kappa shape index (κ2) is 2.85. The van der Waals surface area contributed by atoms with Crippen molar-refractivity contribution < 1.29 is 9.21 Å². The van der Waals surface area contributed by atoms with Crippen LogP contribution in [0.25, 0.3) is 0 Å². The molecule has 1 amide bonds. The van der Waals surface area contributed by atoms with Gasteiger partial charge in [0.1, 0.15) is 5.76 Å². The monoisotopic (exact) mass is 163 g/mol. The van der Waals surface area contributed by atoms with E-state index in [0.717, 1.165) is 5.76 Å². The van der Waals surface area contributed by atoms with Gasteiger partial charge in [0.25, 0.3) is 0 Å². The van der Waals surface area contributed by atoms with Gasteiger partial charge in [-0.05, 0) is 12.1 Å². The molecule has 12 heavy (non-hydrogen) atoms. The molecule has 0 aromatic carbocycles. The van der Waals surface area contributed by atoms with E-state index in [1.54, 1.807) is 17.2 Å². The minimum absolute atomic E-state index is 0.0615. The minimum atomic E-state index is 0.0615. The number of carbonyl (C=O) groups excluding carboxylic acids is 1. The average Bonchev–Trinajstić information content (AvgIpc) is 2.65. The van der Waals surface area contributed by atoms with Crippen LogP contribution in [0.15, 0.2) is 35.0 Å². The third kappa shape index (κ3) is 1.25. The number of furan rings is 1. The van der Waals surface area contributed by atoms with Crippen molar-refractivity contribution in [2.45, 2.75) is 6.54 Å². The fourth-order valence-corrected chi connectivity index (χ4v) is 1.21. The van der Waals surface area contributed by atoms with Gasteiger partial charge in [-0.25, -0.2) is 0 Å². The standard InChI is InChI=1S/C9H9NO2/c11-9-4-1-5-10(9)7-8-3-2-6-12-8/h1-4,6H,5,7H2. The third-order valence-corrected chi connectivity index (χ3v) is 1.82. The second-order valence-electron chi connectivity index (χ2n) is 2.70. The fraction of sp³-hybridized carbons (Fsp3) is 0.222. The predicted molar refractivity (Wildman–Crippen MR) is 43.3 cm³/mol. The zero-order chi connectivity index (χ0) is 8.39. The Balaban J connectivity index is 2.01. The highest BCUT2D eigenvalue weighted by molar-refractivity contribution is 5.89. The number of nitrogens with zero attached hydrogens (tertiary/aromatic N) is 1. The van der Waals surface area contributed by atoms with Crippen molar-refractivity contribution in [3.05, 3.63) is 36.3 Å². The summed E-state index contributed by atoms with van der Waals surface area (Å²) in [6, 6.07) is 3.69. The molecular weight excluding hydrogens is 154 g/mol. The van der Waals surface area contributed by atoms with Gasteiger partial charge in [0.15, 0.2) is 0 Å². The molecule has 0 radical (unpaired) electrons. The molecule has 0 saturated carbocycles. The molecule has 3 nitrogen and oxygen atoms in total. The summed E-state index contributed by atoms with van der Waals surface area (Å²) in [6.07, 6.45) is 5.05. The van der Waals surface area contributed by atoms with Gasteiger partial charge in [-0.2, -0.15) is 0 Å². The summed E-state index contributed by atoms with van der Waals surface area (Å²) in [4.78, 5) is 12.8. The Labute approximate surface area is 70.3 Å². The van der Waals surface area contributed by atoms with E-state index in [-0.39, 0.29) is 5.91 Å². The SMILES string of the molecule is O=C1C=CCN1Cc1ccco1. The van der Waals surface area contributed by atoms with Crippen LogP contribution in [0.1, 0.15) is 5.76 Å². The van der Waals surface area contributed by atoms with Crippen molar-refractivity contribution in [2.24, 2.45) is 0 Å². The third-order valence-electron chi connectivity index (χ3n) is 1.82. The molecule has 1 aromatic rings. The number of hydrogen-bond donors (Lipinski definition) is 0. The maximum absolute atomic E-state index is 11.1. The van der Waals surface area contributed by atoms with E-state index in [0.29, 0.717) is 13.1 Å². The van der Waals surface area contributed by atoms with E-state index in [2.05, 4.69) is 0 Å². The van der Waals surface area contributed by atoms with Gasteiger partial charge in [-0.15, -0.1) is 0 Å². The Morgan fingerprint density at radius 1 is 1.58 bits per heavy atom. The first-order valence-corrected chi connectivity index (χ1v) is 3.84. The van der Waals surface area contributed by atoms with Crippen LogP contribution in [0.3, 0.4) is 0 Å². The highest BCUT2D eigenvalue weighted by Crippen LogP contribution is 2.09. The molecule has 1 aliphatic rings. The van der Waals surface area contributed by atoms with Gasteiger partial charge in [-0.1, -0.05) is 6.08 Å². The number of carbonyl (C=O) groups is 1. The Morgan fingerprint density at radius 3 is 3.08 bits per heavy atom. The van der Waals surface area contributed by atoms with Gasteiger partial charge in [0.2, 0.25) is 5.91 Å². The van der Waals surface area contributed by atoms with Crippen LogP contribution < -0.4 is 0 Å². The second-order valence-corrected chi connectivity index (χ2v) is 2.70. The predicted octanol–water partition coefficient (Wildman–Crippen LogP) is 1.18. The molecule has 0 bridgehead atoms. The molecule has 1 aromatic heterocycles. The van der Waals surface area contributed by atoms with Crippen LogP contribution >= 0.6 is 0 Å². The maximum Gasteiger partial charge on any atom is 0.246 e. The van der Waals surface area contributed by atoms with Gasteiger partial charge < -0.3 is 9.32 Å². The molecule has 0 fully saturated rings. The highest BCUT2D eigenvalue weighted by Gasteiger charge is 2.15. The summed E-state index contributed by atoms with van der Waals surface area (Å²) in [7, 11) is 0. The Hall–Kier alpha value is -1.51. The molecule has 0 spiro atoms. The first-order chi connectivity index (χ1) is 5.86. The lowest BCUT2D eigenvalue weighted by Gasteiger charge is -2.12. The van der Waals surface area contributed by atoms with Crippen molar-refractivity contribution in [3.8, 4) is 0 Å². The summed E-state index contributed by atoms with van der Waals surface area (Å²) in [5.41, 5.74) is 0. The smallest absolute Gasteiger partial charge is 0.246 e. The quantitative estimate of drug-likeness (QED) is 0.655. The van der Waals surface area contributed by atoms with E-state index in [9.17, 15) is 4.79 Å². The molecule has 0 N–H and O–H groups in total. The van der Waals surface area contributed by atoms with Crippen LogP contribution in [-0.2, 0) is 11.3 Å². The van der Waals surface area contributed by atoms with Crippen LogP contribution in [0.2, 0.25) is 0 Å². The van der Waals surface area contributed by atoms with Gasteiger partial charge >= 0.3 is 0 Å². The summed E-state index contributed by atoms with van der Waals surface area (Å²) >= 11 is 0. The lowest BCUT2D eigenvalue weighted by molar-refractivity contribution is -0.125. The van der Waals surface area contributed by atoms with Crippen molar-refractivity contribution in [1.82, 2.24) is 4.90 Å². The van der Waals surface area contributed by atoms with Crippen molar-refractivity contribution in [1.29, 1.82) is 0 Å². The summed E-state index contributed by atoms with van der Waals surface area (Å²) in [5, 5.41) is 0. The van der Waals surface area contributed by atoms with Crippen LogP contribution in [0.4, 0.5) is 0 Å². The summed E-state index contributed by atoms with van der Waals surface area (Å²) in [6.45, 7) is 1.26. The zero-order valence-corrected chi connectivity index (χ0v) is 6.56. The Morgan fingerprint density at radius 2 is 2.50 bits per heavy atom. The fourth-order valence-electron chi connectivity index (χ4n) is 1.21. The van der Waals surface area contributed by atoms with Crippen molar-refractivity contribution in [2.75, 3.05) is 6.54 Å². The van der Waals surface area contributed by atoms with Gasteiger partial charge in [0.05, 0.1) is 12.8 Å². The molecule has 0 saturated heterocycles. The van der Waals surface area contributed by atoms with E-state index in [4.69, 9.17) is 4.42 Å². The van der Waals surface area contributed by atoms with E-state index in [1.807, 2.05) is 18.2 Å². The molecule has 2 heterocycles.